The fourth-order valence-electron chi connectivity index (χ4n) is 1.11. The number of rotatable bonds is 1. The second-order valence-corrected chi connectivity index (χ2v) is 5.32. The SMILES string of the molecule is CC.Cc1cc(C(=O)OC(C)(C)C)ccc1Br. The lowest BCUT2D eigenvalue weighted by molar-refractivity contribution is 0.00694. The minimum Gasteiger partial charge on any atom is -0.456 e. The summed E-state index contributed by atoms with van der Waals surface area (Å²) in [4.78, 5) is 11.7. The zero-order valence-electron chi connectivity index (χ0n) is 11.4. The first-order valence-corrected chi connectivity index (χ1v) is 6.58. The summed E-state index contributed by atoms with van der Waals surface area (Å²) in [5.74, 6) is -0.280. The number of benzene rings is 1. The van der Waals surface area contributed by atoms with E-state index in [0.717, 1.165) is 10.0 Å². The van der Waals surface area contributed by atoms with E-state index in [1.807, 2.05) is 53.7 Å². The number of hydrogen-bond donors (Lipinski definition) is 0. The van der Waals surface area contributed by atoms with Crippen LogP contribution in [0.2, 0.25) is 0 Å². The molecule has 1 aromatic carbocycles. The Labute approximate surface area is 112 Å². The maximum atomic E-state index is 11.7. The van der Waals surface area contributed by atoms with Gasteiger partial charge in [0.15, 0.2) is 0 Å². The Morgan fingerprint density at radius 2 is 1.76 bits per heavy atom. The van der Waals surface area contributed by atoms with Gasteiger partial charge < -0.3 is 4.74 Å². The first-order valence-electron chi connectivity index (χ1n) is 5.79. The van der Waals surface area contributed by atoms with Crippen molar-refractivity contribution in [2.45, 2.75) is 47.1 Å². The molecule has 0 radical (unpaired) electrons. The van der Waals surface area contributed by atoms with Gasteiger partial charge in [-0.2, -0.15) is 0 Å². The van der Waals surface area contributed by atoms with Crippen LogP contribution in [-0.2, 0) is 4.74 Å². The number of ether oxygens (including phenoxy) is 1. The highest BCUT2D eigenvalue weighted by molar-refractivity contribution is 9.10. The van der Waals surface area contributed by atoms with E-state index in [4.69, 9.17) is 4.74 Å². The molecule has 0 aliphatic rings. The molecule has 0 N–H and O–H groups in total. The molecular formula is C14H21BrO2. The Morgan fingerprint density at radius 1 is 1.24 bits per heavy atom. The number of halogens is 1. The third-order valence-electron chi connectivity index (χ3n) is 1.79. The first kappa shape index (κ1) is 16.2. The molecule has 0 amide bonds. The van der Waals surface area contributed by atoms with Gasteiger partial charge in [0.1, 0.15) is 5.60 Å². The van der Waals surface area contributed by atoms with Crippen LogP contribution in [0.25, 0.3) is 0 Å². The predicted molar refractivity (Wildman–Crippen MR) is 75.4 cm³/mol. The molecule has 96 valence electrons. The molecule has 17 heavy (non-hydrogen) atoms. The van der Waals surface area contributed by atoms with E-state index < -0.39 is 5.60 Å². The molecule has 0 heterocycles. The van der Waals surface area contributed by atoms with Crippen LogP contribution < -0.4 is 0 Å². The minimum atomic E-state index is -0.446. The van der Waals surface area contributed by atoms with Crippen molar-refractivity contribution < 1.29 is 9.53 Å². The van der Waals surface area contributed by atoms with Crippen molar-refractivity contribution in [1.82, 2.24) is 0 Å². The van der Waals surface area contributed by atoms with Crippen LogP contribution in [0.1, 0.15) is 50.5 Å². The largest absolute Gasteiger partial charge is 0.456 e. The second kappa shape index (κ2) is 6.80. The highest BCUT2D eigenvalue weighted by Gasteiger charge is 2.17. The molecular weight excluding hydrogens is 280 g/mol. The van der Waals surface area contributed by atoms with Crippen LogP contribution >= 0.6 is 15.9 Å². The Balaban J connectivity index is 0.00000121. The van der Waals surface area contributed by atoms with Crippen LogP contribution in [-0.4, -0.2) is 11.6 Å². The Bertz CT molecular complexity index is 378. The number of carbonyl (C=O) groups excluding carboxylic acids is 1. The normalized spacial score (nSPS) is 10.3. The molecule has 1 rings (SSSR count). The van der Waals surface area contributed by atoms with Gasteiger partial charge in [-0.15, -0.1) is 0 Å². The molecule has 0 saturated heterocycles. The van der Waals surface area contributed by atoms with Crippen molar-refractivity contribution in [3.63, 3.8) is 0 Å². The van der Waals surface area contributed by atoms with Crippen molar-refractivity contribution in [1.29, 1.82) is 0 Å². The average molecular weight is 301 g/mol. The molecule has 0 bridgehead atoms. The summed E-state index contributed by atoms with van der Waals surface area (Å²) in [7, 11) is 0. The minimum absolute atomic E-state index is 0.280. The maximum Gasteiger partial charge on any atom is 0.338 e. The summed E-state index contributed by atoms with van der Waals surface area (Å²) < 4.78 is 6.26. The molecule has 0 aromatic heterocycles. The molecule has 0 atom stereocenters. The van der Waals surface area contributed by atoms with E-state index in [1.165, 1.54) is 0 Å². The van der Waals surface area contributed by atoms with Gasteiger partial charge in [-0.05, 0) is 51.5 Å². The first-order chi connectivity index (χ1) is 7.79. The summed E-state index contributed by atoms with van der Waals surface area (Å²) >= 11 is 3.39. The molecule has 0 aliphatic carbocycles. The zero-order valence-corrected chi connectivity index (χ0v) is 13.0. The Morgan fingerprint density at radius 3 is 2.18 bits per heavy atom. The fourth-order valence-corrected chi connectivity index (χ4v) is 1.36. The summed E-state index contributed by atoms with van der Waals surface area (Å²) in [6.45, 7) is 11.5. The van der Waals surface area contributed by atoms with Crippen molar-refractivity contribution in [3.05, 3.63) is 33.8 Å². The zero-order chi connectivity index (χ0) is 13.6. The van der Waals surface area contributed by atoms with Crippen LogP contribution in [0.3, 0.4) is 0 Å². The molecule has 0 saturated carbocycles. The monoisotopic (exact) mass is 300 g/mol. The van der Waals surface area contributed by atoms with Crippen molar-refractivity contribution in [2.24, 2.45) is 0 Å². The van der Waals surface area contributed by atoms with Crippen LogP contribution in [0.15, 0.2) is 22.7 Å². The smallest absolute Gasteiger partial charge is 0.338 e. The van der Waals surface area contributed by atoms with Crippen LogP contribution in [0, 0.1) is 6.92 Å². The van der Waals surface area contributed by atoms with Crippen molar-refractivity contribution >= 4 is 21.9 Å². The van der Waals surface area contributed by atoms with E-state index in [2.05, 4.69) is 15.9 Å². The van der Waals surface area contributed by atoms with E-state index >= 15 is 0 Å². The van der Waals surface area contributed by atoms with Gasteiger partial charge in [0, 0.05) is 4.47 Å². The van der Waals surface area contributed by atoms with E-state index in [1.54, 1.807) is 6.07 Å². The highest BCUT2D eigenvalue weighted by atomic mass is 79.9. The highest BCUT2D eigenvalue weighted by Crippen LogP contribution is 2.19. The summed E-state index contributed by atoms with van der Waals surface area (Å²) in [6, 6.07) is 5.43. The van der Waals surface area contributed by atoms with Crippen LogP contribution in [0.5, 0.6) is 0 Å². The molecule has 0 unspecified atom stereocenters. The molecule has 0 aliphatic heterocycles. The fraction of sp³-hybridized carbons (Fsp3) is 0.500. The lowest BCUT2D eigenvalue weighted by atomic mass is 10.1. The van der Waals surface area contributed by atoms with Gasteiger partial charge in [-0.3, -0.25) is 0 Å². The number of carbonyl (C=O) groups is 1. The Kier molecular flexibility index (Phi) is 6.46. The summed E-state index contributed by atoms with van der Waals surface area (Å²) in [5, 5.41) is 0. The van der Waals surface area contributed by atoms with Crippen LogP contribution in [0.4, 0.5) is 0 Å². The van der Waals surface area contributed by atoms with Gasteiger partial charge in [0.05, 0.1) is 5.56 Å². The van der Waals surface area contributed by atoms with Gasteiger partial charge >= 0.3 is 5.97 Å². The van der Waals surface area contributed by atoms with Crippen molar-refractivity contribution in [3.8, 4) is 0 Å². The lowest BCUT2D eigenvalue weighted by Crippen LogP contribution is -2.23. The van der Waals surface area contributed by atoms with E-state index in [9.17, 15) is 4.79 Å². The van der Waals surface area contributed by atoms with E-state index in [-0.39, 0.29) is 5.97 Å². The second-order valence-electron chi connectivity index (χ2n) is 4.47. The lowest BCUT2D eigenvalue weighted by Gasteiger charge is -2.19. The topological polar surface area (TPSA) is 26.3 Å². The van der Waals surface area contributed by atoms with E-state index in [0.29, 0.717) is 5.56 Å². The number of esters is 1. The molecule has 0 spiro atoms. The van der Waals surface area contributed by atoms with Gasteiger partial charge in [-0.1, -0.05) is 29.8 Å². The number of hydrogen-bond acceptors (Lipinski definition) is 2. The molecule has 0 fully saturated rings. The quantitative estimate of drug-likeness (QED) is 0.700. The maximum absolute atomic E-state index is 11.7. The third kappa shape index (κ3) is 5.87. The summed E-state index contributed by atoms with van der Waals surface area (Å²) in [5.41, 5.74) is 1.17. The van der Waals surface area contributed by atoms with Gasteiger partial charge in [0.2, 0.25) is 0 Å². The standard InChI is InChI=1S/C12H15BrO2.C2H6/c1-8-7-9(5-6-10(8)13)11(14)15-12(2,3)4;1-2/h5-7H,1-4H3;1-2H3. The molecule has 3 heteroatoms. The number of aryl methyl sites for hydroxylation is 1. The summed E-state index contributed by atoms with van der Waals surface area (Å²) in [6.07, 6.45) is 0. The average Bonchev–Trinajstić information content (AvgIpc) is 2.22. The van der Waals surface area contributed by atoms with Gasteiger partial charge in [0.25, 0.3) is 0 Å². The Hall–Kier alpha value is -0.830. The van der Waals surface area contributed by atoms with Gasteiger partial charge in [-0.25, -0.2) is 4.79 Å². The molecule has 1 aromatic rings. The third-order valence-corrected chi connectivity index (χ3v) is 2.68. The molecule has 2 nitrogen and oxygen atoms in total. The van der Waals surface area contributed by atoms with Crippen molar-refractivity contribution in [2.75, 3.05) is 0 Å². The predicted octanol–water partition coefficient (Wildman–Crippen LogP) is 4.74.